The van der Waals surface area contributed by atoms with Crippen LogP contribution in [0, 0.1) is 12.3 Å². The van der Waals surface area contributed by atoms with E-state index in [4.69, 9.17) is 6.42 Å². The van der Waals surface area contributed by atoms with Crippen LogP contribution in [0.1, 0.15) is 137 Å². The zero-order valence-electron chi connectivity index (χ0n) is 42.7. The number of hydrogen-bond acceptors (Lipinski definition) is 1. The largest absolute Gasteiger partial charge is 0.330 e. The van der Waals surface area contributed by atoms with Gasteiger partial charge in [-0.05, 0) is 131 Å². The van der Waals surface area contributed by atoms with Crippen molar-refractivity contribution < 1.29 is 0 Å². The van der Waals surface area contributed by atoms with E-state index in [0.29, 0.717) is 0 Å². The van der Waals surface area contributed by atoms with Gasteiger partial charge in [0, 0.05) is 49.1 Å². The molecule has 346 valence electrons. The first kappa shape index (κ1) is 47.9. The van der Waals surface area contributed by atoms with E-state index < -0.39 is 0 Å². The Morgan fingerprint density at radius 2 is 1.40 bits per heavy atom. The molecule has 1 aromatic heterocycles. The molecule has 0 amide bonds. The van der Waals surface area contributed by atoms with Crippen LogP contribution in [0.15, 0.2) is 156 Å². The van der Waals surface area contributed by atoms with E-state index in [1.54, 1.807) is 0 Å². The smallest absolute Gasteiger partial charge is 0.0775 e. The van der Waals surface area contributed by atoms with E-state index >= 15 is 0 Å². The number of benzene rings is 5. The Kier molecular flexibility index (Phi) is 14.1. The summed E-state index contributed by atoms with van der Waals surface area (Å²) in [7, 11) is 0. The Balaban J connectivity index is 0.00000100. The molecule has 0 saturated carbocycles. The summed E-state index contributed by atoms with van der Waals surface area (Å²) in [6.07, 6.45) is 36.2. The van der Waals surface area contributed by atoms with Crippen molar-refractivity contribution in [2.24, 2.45) is 0 Å². The van der Waals surface area contributed by atoms with Crippen LogP contribution in [0.25, 0.3) is 56.2 Å². The van der Waals surface area contributed by atoms with Crippen molar-refractivity contribution in [3.05, 3.63) is 189 Å². The van der Waals surface area contributed by atoms with Crippen molar-refractivity contribution in [2.75, 3.05) is 4.90 Å². The second kappa shape index (κ2) is 20.0. The molecule has 0 N–H and O–H groups in total. The van der Waals surface area contributed by atoms with Gasteiger partial charge in [0.2, 0.25) is 0 Å². The van der Waals surface area contributed by atoms with Crippen LogP contribution in [-0.2, 0) is 10.8 Å². The third-order valence-electron chi connectivity index (χ3n) is 14.6. The van der Waals surface area contributed by atoms with Gasteiger partial charge in [0.15, 0.2) is 0 Å². The predicted molar refractivity (Wildman–Crippen MR) is 299 cm³/mol. The summed E-state index contributed by atoms with van der Waals surface area (Å²) in [5.74, 6) is 3.13. The second-order valence-corrected chi connectivity index (χ2v) is 18.8. The number of rotatable bonds is 6. The van der Waals surface area contributed by atoms with Gasteiger partial charge < -0.3 is 9.47 Å². The van der Waals surface area contributed by atoms with Crippen molar-refractivity contribution in [1.29, 1.82) is 0 Å². The molecule has 1 atom stereocenters. The van der Waals surface area contributed by atoms with Crippen molar-refractivity contribution in [1.82, 2.24) is 4.57 Å². The summed E-state index contributed by atoms with van der Waals surface area (Å²) in [5, 5.41) is 6.52. The number of fused-ring (bicyclic) bond motifs is 9. The number of nitrogens with zero attached hydrogens (tertiary/aromatic N) is 2. The van der Waals surface area contributed by atoms with E-state index in [1.807, 2.05) is 41.5 Å². The van der Waals surface area contributed by atoms with Gasteiger partial charge in [0.25, 0.3) is 0 Å². The topological polar surface area (TPSA) is 8.17 Å². The lowest BCUT2D eigenvalue weighted by molar-refractivity contribution is 0.658. The van der Waals surface area contributed by atoms with Crippen molar-refractivity contribution in [3.63, 3.8) is 0 Å². The molecule has 0 fully saturated rings. The molecule has 1 unspecified atom stereocenters. The molecular formula is C66H72N2. The Labute approximate surface area is 408 Å². The fourth-order valence-electron chi connectivity index (χ4n) is 11.6. The minimum Gasteiger partial charge on any atom is -0.330 e. The fraction of sp³-hybridized carbons (Fsp3) is 0.303. The Bertz CT molecular complexity index is 3260. The maximum absolute atomic E-state index is 6.33. The maximum Gasteiger partial charge on any atom is 0.0775 e. The quantitative estimate of drug-likeness (QED) is 0.119. The summed E-state index contributed by atoms with van der Waals surface area (Å²) in [4.78, 5) is 2.67. The van der Waals surface area contributed by atoms with Crippen LogP contribution >= 0.6 is 0 Å². The number of allylic oxidation sites excluding steroid dienone is 9. The summed E-state index contributed by atoms with van der Waals surface area (Å²) in [5.41, 5.74) is 17.5. The molecule has 5 aliphatic carbocycles. The highest BCUT2D eigenvalue weighted by Crippen LogP contribution is 2.51. The first-order chi connectivity index (χ1) is 33.2. The van der Waals surface area contributed by atoms with Gasteiger partial charge in [0.1, 0.15) is 0 Å². The van der Waals surface area contributed by atoms with E-state index in [-0.39, 0.29) is 16.9 Å². The molecule has 0 saturated heterocycles. The van der Waals surface area contributed by atoms with Crippen LogP contribution in [0.2, 0.25) is 0 Å². The molecule has 2 heteroatoms. The van der Waals surface area contributed by atoms with Crippen molar-refractivity contribution in [2.45, 2.75) is 132 Å². The van der Waals surface area contributed by atoms with Crippen LogP contribution in [0.5, 0.6) is 0 Å². The monoisotopic (exact) mass is 893 g/mol. The Morgan fingerprint density at radius 3 is 2.15 bits per heavy atom. The lowest BCUT2D eigenvalue weighted by Crippen LogP contribution is -2.32. The highest BCUT2D eigenvalue weighted by atomic mass is 15.2. The van der Waals surface area contributed by atoms with E-state index in [0.717, 1.165) is 49.7 Å². The minimum absolute atomic E-state index is 0.0244. The molecule has 6 aromatic rings. The summed E-state index contributed by atoms with van der Waals surface area (Å²) in [6.45, 7) is 23.4. The van der Waals surface area contributed by atoms with Crippen molar-refractivity contribution >= 4 is 50.8 Å². The lowest BCUT2D eigenvalue weighted by Gasteiger charge is -2.36. The van der Waals surface area contributed by atoms with Gasteiger partial charge in [0.05, 0.1) is 17.2 Å². The molecule has 0 bridgehead atoms. The average molecular weight is 893 g/mol. The molecule has 0 aliphatic heterocycles. The van der Waals surface area contributed by atoms with Gasteiger partial charge in [-0.2, -0.15) is 0 Å². The molecular weight excluding hydrogens is 821 g/mol. The molecule has 11 rings (SSSR count). The number of aromatic nitrogens is 1. The third-order valence-corrected chi connectivity index (χ3v) is 14.6. The van der Waals surface area contributed by atoms with E-state index in [1.165, 1.54) is 93.8 Å². The molecule has 0 spiro atoms. The van der Waals surface area contributed by atoms with Gasteiger partial charge in [-0.3, -0.25) is 0 Å². The minimum atomic E-state index is -0.318. The highest BCUT2D eigenvalue weighted by Gasteiger charge is 2.39. The molecule has 2 nitrogen and oxygen atoms in total. The lowest BCUT2D eigenvalue weighted by atomic mass is 9.81. The first-order valence-electron chi connectivity index (χ1n) is 25.7. The Morgan fingerprint density at radius 1 is 0.676 bits per heavy atom. The van der Waals surface area contributed by atoms with E-state index in [9.17, 15) is 0 Å². The summed E-state index contributed by atoms with van der Waals surface area (Å²) < 4.78 is 2.58. The Hall–Kier alpha value is -6.56. The van der Waals surface area contributed by atoms with Crippen LogP contribution < -0.4 is 15.5 Å². The zero-order chi connectivity index (χ0) is 48.3. The van der Waals surface area contributed by atoms with E-state index in [2.05, 4.69) is 202 Å². The highest BCUT2D eigenvalue weighted by molar-refractivity contribution is 6.14. The van der Waals surface area contributed by atoms with Crippen molar-refractivity contribution in [3.8, 4) is 29.2 Å². The average Bonchev–Trinajstić information content (AvgIpc) is 3.81. The number of terminal acetylenes is 1. The zero-order valence-corrected chi connectivity index (χ0v) is 42.7. The predicted octanol–water partition coefficient (Wildman–Crippen LogP) is 16.8. The van der Waals surface area contributed by atoms with Gasteiger partial charge in [-0.25, -0.2) is 0 Å². The van der Waals surface area contributed by atoms with Crippen LogP contribution in [0.4, 0.5) is 11.4 Å². The van der Waals surface area contributed by atoms with Crippen LogP contribution in [0.3, 0.4) is 0 Å². The van der Waals surface area contributed by atoms with Gasteiger partial charge in [-0.15, -0.1) is 6.42 Å². The molecule has 1 heterocycles. The second-order valence-electron chi connectivity index (χ2n) is 18.8. The normalized spacial score (nSPS) is 17.8. The number of hydrogen-bond donors (Lipinski definition) is 0. The fourth-order valence-corrected chi connectivity index (χ4v) is 11.6. The summed E-state index contributed by atoms with van der Waals surface area (Å²) >= 11 is 0. The molecule has 0 radical (unpaired) electrons. The van der Waals surface area contributed by atoms with Crippen LogP contribution in [-0.4, -0.2) is 10.6 Å². The van der Waals surface area contributed by atoms with Gasteiger partial charge >= 0.3 is 0 Å². The first-order valence-corrected chi connectivity index (χ1v) is 25.7. The number of anilines is 2. The van der Waals surface area contributed by atoms with Gasteiger partial charge in [-0.1, -0.05) is 197 Å². The SMILES string of the molecule is C#CC1=C(/C=C\C)c2ccc(N(c3cc4c(c5c(n4-c4ccc6c(c4)-c4ccccc4C6(C)C)=CCCC=5)c4ccccc34)C3C=CCCC=C3C3=CC=CCC3)cc2C1(C)C.CC.CC.CC. The third kappa shape index (κ3) is 7.79. The summed E-state index contributed by atoms with van der Waals surface area (Å²) in [6, 6.07) is 35.1. The molecule has 5 aromatic carbocycles. The molecule has 68 heavy (non-hydrogen) atoms. The maximum atomic E-state index is 6.33. The standard InChI is InChI=1S/C60H54N2.3C2H6/c1-7-21-43-45-34-32-41(37-53(45)59(3,4)50(43)8-2)61(54-30-14-10-13-24-42(54)39-22-11-9-12-23-39)56-38-57-58(47-27-16-15-26-46(47)56)48-28-18-20-31-55(48)62(57)40-33-35-52-49(36-40)44-25-17-19-29-51(44)60(52,5)6;3*1-2/h2,7,9,11,14-17,19,21-22,24-38,54H,10,12-13,18,20,23H2,1,3-6H3;3*1-2H3/b21-7-;;;. The molecule has 5 aliphatic rings.